The van der Waals surface area contributed by atoms with Gasteiger partial charge in [-0.05, 0) is 56.3 Å². The molecule has 0 saturated carbocycles. The highest BCUT2D eigenvalue weighted by Gasteiger charge is 2.01. The lowest BCUT2D eigenvalue weighted by atomic mass is 10.2. The Balaban J connectivity index is 1.93. The van der Waals surface area contributed by atoms with Crippen LogP contribution in [0.2, 0.25) is 5.02 Å². The Bertz CT molecular complexity index is 530. The molecule has 0 radical (unpaired) electrons. The van der Waals surface area contributed by atoms with E-state index in [2.05, 4.69) is 18.3 Å². The zero-order chi connectivity index (χ0) is 12.8. The van der Waals surface area contributed by atoms with Gasteiger partial charge >= 0.3 is 0 Å². The van der Waals surface area contributed by atoms with E-state index >= 15 is 0 Å². The summed E-state index contributed by atoms with van der Waals surface area (Å²) in [5.74, 6) is 0.878. The van der Waals surface area contributed by atoms with E-state index in [0.29, 0.717) is 0 Å². The zero-order valence-corrected chi connectivity index (χ0v) is 11.3. The van der Waals surface area contributed by atoms with Crippen LogP contribution in [0.4, 0.5) is 0 Å². The van der Waals surface area contributed by atoms with Crippen molar-refractivity contribution < 1.29 is 4.42 Å². The first-order valence-electron chi connectivity index (χ1n) is 6.36. The van der Waals surface area contributed by atoms with Gasteiger partial charge in [-0.1, -0.05) is 24.6 Å². The summed E-state index contributed by atoms with van der Waals surface area (Å²) in [7, 11) is 0. The van der Waals surface area contributed by atoms with Crippen LogP contribution in [-0.2, 0) is 0 Å². The van der Waals surface area contributed by atoms with E-state index in [1.807, 2.05) is 30.3 Å². The third-order valence-corrected chi connectivity index (χ3v) is 2.93. The molecule has 0 spiro atoms. The van der Waals surface area contributed by atoms with E-state index in [9.17, 15) is 0 Å². The third kappa shape index (κ3) is 3.62. The molecule has 0 aliphatic heterocycles. The maximum Gasteiger partial charge on any atom is 0.134 e. The number of halogens is 1. The van der Waals surface area contributed by atoms with Crippen LogP contribution in [0.3, 0.4) is 0 Å². The van der Waals surface area contributed by atoms with Crippen molar-refractivity contribution in [1.82, 2.24) is 5.32 Å². The first-order valence-corrected chi connectivity index (χ1v) is 6.74. The Kier molecular flexibility index (Phi) is 4.85. The summed E-state index contributed by atoms with van der Waals surface area (Å²) in [5, 5.41) is 5.14. The number of rotatable bonds is 6. The average Bonchev–Trinajstić information content (AvgIpc) is 2.75. The van der Waals surface area contributed by atoms with E-state index in [1.54, 1.807) is 0 Å². The highest BCUT2D eigenvalue weighted by atomic mass is 35.5. The molecule has 1 aromatic heterocycles. The van der Waals surface area contributed by atoms with Gasteiger partial charge in [0, 0.05) is 10.4 Å². The molecular formula is C15H18ClNO. The quantitative estimate of drug-likeness (QED) is 0.777. The van der Waals surface area contributed by atoms with Crippen molar-refractivity contribution in [2.75, 3.05) is 13.1 Å². The molecule has 3 heteroatoms. The number of fused-ring (bicyclic) bond motifs is 1. The van der Waals surface area contributed by atoms with Gasteiger partial charge < -0.3 is 9.73 Å². The van der Waals surface area contributed by atoms with E-state index in [1.165, 1.54) is 6.42 Å². The van der Waals surface area contributed by atoms with E-state index in [-0.39, 0.29) is 0 Å². The number of hydrogen-bond acceptors (Lipinski definition) is 2. The number of hydrogen-bond donors (Lipinski definition) is 1. The summed E-state index contributed by atoms with van der Waals surface area (Å²) in [5.41, 5.74) is 0.878. The number of benzene rings is 1. The molecule has 0 atom stereocenters. The molecule has 1 N–H and O–H groups in total. The Hall–Kier alpha value is -1.25. The summed E-state index contributed by atoms with van der Waals surface area (Å²) in [6.45, 7) is 4.26. The summed E-state index contributed by atoms with van der Waals surface area (Å²) in [4.78, 5) is 0. The standard InChI is InChI=1S/C15H18ClNO/c1-2-8-17-9-4-3-5-14-11-12-10-13(16)6-7-15(12)18-14/h3,5-7,10-11,17H,2,4,8-9H2,1H3/b5-3+. The van der Waals surface area contributed by atoms with Crippen molar-refractivity contribution >= 4 is 28.6 Å². The van der Waals surface area contributed by atoms with Crippen LogP contribution in [0.1, 0.15) is 25.5 Å². The Morgan fingerprint density at radius 3 is 3.00 bits per heavy atom. The number of nitrogens with one attached hydrogen (secondary N) is 1. The van der Waals surface area contributed by atoms with Crippen molar-refractivity contribution in [3.8, 4) is 0 Å². The molecule has 18 heavy (non-hydrogen) atoms. The summed E-state index contributed by atoms with van der Waals surface area (Å²) >= 11 is 5.94. The molecule has 0 aliphatic carbocycles. The zero-order valence-electron chi connectivity index (χ0n) is 10.6. The van der Waals surface area contributed by atoms with Gasteiger partial charge in [0.25, 0.3) is 0 Å². The maximum atomic E-state index is 5.94. The van der Waals surface area contributed by atoms with Crippen LogP contribution in [0.15, 0.2) is 34.8 Å². The lowest BCUT2D eigenvalue weighted by Gasteiger charge is -1.97. The molecule has 96 valence electrons. The normalized spacial score (nSPS) is 11.7. The van der Waals surface area contributed by atoms with Crippen LogP contribution in [0, 0.1) is 0 Å². The second-order valence-electron chi connectivity index (χ2n) is 4.27. The first-order chi connectivity index (χ1) is 8.79. The molecule has 1 aromatic carbocycles. The summed E-state index contributed by atoms with van der Waals surface area (Å²) < 4.78 is 5.68. The lowest BCUT2D eigenvalue weighted by molar-refractivity contribution is 0.603. The third-order valence-electron chi connectivity index (χ3n) is 2.69. The minimum Gasteiger partial charge on any atom is -0.457 e. The van der Waals surface area contributed by atoms with Gasteiger partial charge in [0.15, 0.2) is 0 Å². The molecule has 0 saturated heterocycles. The van der Waals surface area contributed by atoms with Crippen molar-refractivity contribution in [2.45, 2.75) is 19.8 Å². The smallest absolute Gasteiger partial charge is 0.134 e. The lowest BCUT2D eigenvalue weighted by Crippen LogP contribution is -2.14. The van der Waals surface area contributed by atoms with Crippen molar-refractivity contribution in [2.24, 2.45) is 0 Å². The molecule has 0 bridgehead atoms. The van der Waals surface area contributed by atoms with E-state index in [4.69, 9.17) is 16.0 Å². The van der Waals surface area contributed by atoms with Crippen molar-refractivity contribution in [3.63, 3.8) is 0 Å². The molecule has 2 aromatic rings. The first kappa shape index (κ1) is 13.2. The highest BCUT2D eigenvalue weighted by Crippen LogP contribution is 2.23. The molecular weight excluding hydrogens is 246 g/mol. The van der Waals surface area contributed by atoms with Gasteiger partial charge in [-0.2, -0.15) is 0 Å². The fourth-order valence-corrected chi connectivity index (χ4v) is 1.98. The van der Waals surface area contributed by atoms with Gasteiger partial charge in [-0.3, -0.25) is 0 Å². The highest BCUT2D eigenvalue weighted by molar-refractivity contribution is 6.31. The van der Waals surface area contributed by atoms with Crippen molar-refractivity contribution in [3.05, 3.63) is 41.1 Å². The molecule has 0 fully saturated rings. The fourth-order valence-electron chi connectivity index (χ4n) is 1.80. The van der Waals surface area contributed by atoms with Gasteiger partial charge in [0.1, 0.15) is 11.3 Å². The molecule has 2 rings (SSSR count). The molecule has 0 unspecified atom stereocenters. The van der Waals surface area contributed by atoms with Crippen LogP contribution >= 0.6 is 11.6 Å². The topological polar surface area (TPSA) is 25.2 Å². The minimum atomic E-state index is 0.739. The molecule has 0 aliphatic rings. The SMILES string of the molecule is CCCNCC/C=C/c1cc2cc(Cl)ccc2o1. The molecule has 1 heterocycles. The maximum absolute atomic E-state index is 5.94. The van der Waals surface area contributed by atoms with Gasteiger partial charge in [0.2, 0.25) is 0 Å². The molecule has 2 nitrogen and oxygen atoms in total. The van der Waals surface area contributed by atoms with Crippen LogP contribution in [-0.4, -0.2) is 13.1 Å². The second kappa shape index (κ2) is 6.62. The Morgan fingerprint density at radius 1 is 1.28 bits per heavy atom. The predicted molar refractivity (Wildman–Crippen MR) is 78.0 cm³/mol. The average molecular weight is 264 g/mol. The predicted octanol–water partition coefficient (Wildman–Crippen LogP) is 4.49. The monoisotopic (exact) mass is 263 g/mol. The van der Waals surface area contributed by atoms with Gasteiger partial charge in [0.05, 0.1) is 0 Å². The molecule has 0 amide bonds. The van der Waals surface area contributed by atoms with Crippen LogP contribution in [0.5, 0.6) is 0 Å². The fraction of sp³-hybridized carbons (Fsp3) is 0.333. The van der Waals surface area contributed by atoms with Gasteiger partial charge in [-0.25, -0.2) is 0 Å². The van der Waals surface area contributed by atoms with Crippen molar-refractivity contribution in [1.29, 1.82) is 0 Å². The van der Waals surface area contributed by atoms with E-state index < -0.39 is 0 Å². The summed E-state index contributed by atoms with van der Waals surface area (Å²) in [6.07, 6.45) is 6.33. The van der Waals surface area contributed by atoms with E-state index in [0.717, 1.165) is 41.3 Å². The number of furan rings is 1. The van der Waals surface area contributed by atoms with Crippen LogP contribution in [0.25, 0.3) is 17.0 Å². The Labute approximate surface area is 113 Å². The summed E-state index contributed by atoms with van der Waals surface area (Å²) in [6, 6.07) is 7.67. The largest absolute Gasteiger partial charge is 0.457 e. The minimum absolute atomic E-state index is 0.739. The second-order valence-corrected chi connectivity index (χ2v) is 4.71. The van der Waals surface area contributed by atoms with Gasteiger partial charge in [-0.15, -0.1) is 0 Å². The van der Waals surface area contributed by atoms with Crippen LogP contribution < -0.4 is 5.32 Å². The Morgan fingerprint density at radius 2 is 2.17 bits per heavy atom.